The SMILES string of the molecule is c1ccc(-c2cccc(-n3c4ccccc4c4ccc(-c5ccc6c7ccccc7n(-c7ccc(-c8nc(-c9ccccc9)cc(-c9ccccc9)n8)cc7)c6c5)cc43)c2)cc1. The van der Waals surface area contributed by atoms with Gasteiger partial charge < -0.3 is 9.13 Å². The van der Waals surface area contributed by atoms with Crippen molar-refractivity contribution in [2.75, 3.05) is 0 Å². The van der Waals surface area contributed by atoms with Crippen molar-refractivity contribution in [1.29, 1.82) is 0 Å². The Bertz CT molecular complexity index is 3550. The predicted octanol–water partition coefficient (Wildman–Crippen LogP) is 15.0. The largest absolute Gasteiger partial charge is 0.309 e. The zero-order chi connectivity index (χ0) is 41.0. The minimum Gasteiger partial charge on any atom is -0.309 e. The monoisotopic (exact) mass is 790 g/mol. The molecule has 0 N–H and O–H groups in total. The first-order valence-electron chi connectivity index (χ1n) is 21.1. The molecule has 4 heteroatoms. The highest BCUT2D eigenvalue weighted by molar-refractivity contribution is 6.12. The zero-order valence-electron chi connectivity index (χ0n) is 33.7. The van der Waals surface area contributed by atoms with Crippen molar-refractivity contribution in [1.82, 2.24) is 19.1 Å². The van der Waals surface area contributed by atoms with Crippen LogP contribution in [0.3, 0.4) is 0 Å². The van der Waals surface area contributed by atoms with E-state index in [1.165, 1.54) is 49.3 Å². The Balaban J connectivity index is 0.980. The maximum Gasteiger partial charge on any atom is 0.160 e. The molecule has 0 saturated heterocycles. The second-order valence-corrected chi connectivity index (χ2v) is 15.8. The molecule has 12 aromatic rings. The fourth-order valence-electron chi connectivity index (χ4n) is 9.16. The molecule has 0 atom stereocenters. The second-order valence-electron chi connectivity index (χ2n) is 15.8. The van der Waals surface area contributed by atoms with Gasteiger partial charge in [-0.05, 0) is 89.0 Å². The van der Waals surface area contributed by atoms with Crippen molar-refractivity contribution in [3.05, 3.63) is 231 Å². The van der Waals surface area contributed by atoms with E-state index in [0.29, 0.717) is 5.82 Å². The van der Waals surface area contributed by atoms with Gasteiger partial charge in [-0.2, -0.15) is 0 Å². The van der Waals surface area contributed by atoms with E-state index in [1.807, 2.05) is 12.1 Å². The smallest absolute Gasteiger partial charge is 0.160 e. The zero-order valence-corrected chi connectivity index (χ0v) is 33.7. The topological polar surface area (TPSA) is 35.6 Å². The van der Waals surface area contributed by atoms with Crippen LogP contribution in [0.5, 0.6) is 0 Å². The molecule has 0 aliphatic rings. The van der Waals surface area contributed by atoms with Gasteiger partial charge in [0.2, 0.25) is 0 Å². The van der Waals surface area contributed by atoms with Crippen LogP contribution in [-0.4, -0.2) is 19.1 Å². The normalized spacial score (nSPS) is 11.5. The number of benzene rings is 9. The van der Waals surface area contributed by atoms with E-state index in [4.69, 9.17) is 9.97 Å². The summed E-state index contributed by atoms with van der Waals surface area (Å²) in [5, 5.41) is 4.91. The Morgan fingerprint density at radius 1 is 0.242 bits per heavy atom. The summed E-state index contributed by atoms with van der Waals surface area (Å²) in [7, 11) is 0. The quantitative estimate of drug-likeness (QED) is 0.161. The van der Waals surface area contributed by atoms with Crippen LogP contribution in [0.15, 0.2) is 231 Å². The molecule has 290 valence electrons. The predicted molar refractivity (Wildman–Crippen MR) is 258 cm³/mol. The Kier molecular flexibility index (Phi) is 8.46. The molecule has 0 aliphatic heterocycles. The number of hydrogen-bond donors (Lipinski definition) is 0. The summed E-state index contributed by atoms with van der Waals surface area (Å²) in [6.07, 6.45) is 0. The molecule has 9 aromatic carbocycles. The van der Waals surface area contributed by atoms with Gasteiger partial charge >= 0.3 is 0 Å². The van der Waals surface area contributed by atoms with Gasteiger partial charge in [-0.25, -0.2) is 9.97 Å². The number of hydrogen-bond acceptors (Lipinski definition) is 2. The maximum atomic E-state index is 5.10. The van der Waals surface area contributed by atoms with E-state index < -0.39 is 0 Å². The molecule has 3 aromatic heterocycles. The number of nitrogens with zero attached hydrogens (tertiary/aromatic N) is 4. The van der Waals surface area contributed by atoms with Gasteiger partial charge in [-0.15, -0.1) is 0 Å². The third kappa shape index (κ3) is 6.08. The Morgan fingerprint density at radius 3 is 1.21 bits per heavy atom. The lowest BCUT2D eigenvalue weighted by atomic mass is 10.0. The first kappa shape index (κ1) is 35.6. The van der Waals surface area contributed by atoms with Crippen molar-refractivity contribution in [2.24, 2.45) is 0 Å². The maximum absolute atomic E-state index is 5.10. The summed E-state index contributed by atoms with van der Waals surface area (Å²) in [5.41, 5.74) is 16.5. The van der Waals surface area contributed by atoms with Crippen LogP contribution in [0.2, 0.25) is 0 Å². The summed E-state index contributed by atoms with van der Waals surface area (Å²) in [6.45, 7) is 0. The van der Waals surface area contributed by atoms with Gasteiger partial charge in [0.05, 0.1) is 33.5 Å². The van der Waals surface area contributed by atoms with Crippen LogP contribution < -0.4 is 0 Å². The molecule has 0 fully saturated rings. The van der Waals surface area contributed by atoms with Crippen molar-refractivity contribution < 1.29 is 0 Å². The van der Waals surface area contributed by atoms with E-state index in [1.54, 1.807) is 0 Å². The molecule has 62 heavy (non-hydrogen) atoms. The average Bonchev–Trinajstić information content (AvgIpc) is 3.87. The minimum atomic E-state index is 0.695. The van der Waals surface area contributed by atoms with Crippen molar-refractivity contribution in [3.8, 4) is 67.5 Å². The average molecular weight is 791 g/mol. The van der Waals surface area contributed by atoms with Crippen molar-refractivity contribution in [2.45, 2.75) is 0 Å². The van der Waals surface area contributed by atoms with Gasteiger partial charge in [-0.1, -0.05) is 164 Å². The molecule has 3 heterocycles. The van der Waals surface area contributed by atoms with Crippen LogP contribution >= 0.6 is 0 Å². The van der Waals surface area contributed by atoms with Crippen LogP contribution in [0.4, 0.5) is 0 Å². The third-order valence-corrected chi connectivity index (χ3v) is 12.1. The third-order valence-electron chi connectivity index (χ3n) is 12.1. The van der Waals surface area contributed by atoms with Crippen LogP contribution in [0.1, 0.15) is 0 Å². The number of rotatable bonds is 7. The molecule has 0 amide bonds. The van der Waals surface area contributed by atoms with Gasteiger partial charge in [0.25, 0.3) is 0 Å². The molecule has 0 aliphatic carbocycles. The minimum absolute atomic E-state index is 0.695. The molecular formula is C58H38N4. The Labute approximate surface area is 359 Å². The molecule has 0 saturated carbocycles. The number of fused-ring (bicyclic) bond motifs is 6. The van der Waals surface area contributed by atoms with Gasteiger partial charge in [0.15, 0.2) is 5.82 Å². The summed E-state index contributed by atoms with van der Waals surface area (Å²) >= 11 is 0. The van der Waals surface area contributed by atoms with Crippen LogP contribution in [0.25, 0.3) is 111 Å². The Morgan fingerprint density at radius 2 is 0.661 bits per heavy atom. The van der Waals surface area contributed by atoms with Crippen LogP contribution in [-0.2, 0) is 0 Å². The molecule has 4 nitrogen and oxygen atoms in total. The first-order valence-corrected chi connectivity index (χ1v) is 21.1. The van der Waals surface area contributed by atoms with Gasteiger partial charge in [-0.3, -0.25) is 0 Å². The van der Waals surface area contributed by atoms with E-state index in [0.717, 1.165) is 56.0 Å². The number of para-hydroxylation sites is 2. The summed E-state index contributed by atoms with van der Waals surface area (Å²) < 4.78 is 4.80. The standard InChI is InChI=1S/C58H38N4/c1-4-15-39(16-5-1)43-21-14-22-47(35-43)62-55-26-13-11-24-49(55)51-34-30-45(37-57(51)62)44-29-33-50-48-23-10-12-25-54(48)61(56(50)36-44)46-31-27-42(28-32-46)58-59-52(40-17-6-2-7-18-40)38-53(60-58)41-19-8-3-9-20-41/h1-38H. The number of aromatic nitrogens is 4. The molecule has 0 spiro atoms. The highest BCUT2D eigenvalue weighted by atomic mass is 15.0. The van der Waals surface area contributed by atoms with Gasteiger partial charge in [0, 0.05) is 49.6 Å². The fraction of sp³-hybridized carbons (Fsp3) is 0. The van der Waals surface area contributed by atoms with Crippen LogP contribution in [0, 0.1) is 0 Å². The Hall–Kier alpha value is -8.34. The fourth-order valence-corrected chi connectivity index (χ4v) is 9.16. The highest BCUT2D eigenvalue weighted by Crippen LogP contribution is 2.39. The molecule has 0 radical (unpaired) electrons. The van der Waals surface area contributed by atoms with Gasteiger partial charge in [0.1, 0.15) is 0 Å². The lowest BCUT2D eigenvalue weighted by molar-refractivity contribution is 1.16. The van der Waals surface area contributed by atoms with E-state index >= 15 is 0 Å². The van der Waals surface area contributed by atoms with E-state index in [9.17, 15) is 0 Å². The first-order chi connectivity index (χ1) is 30.7. The second kappa shape index (κ2) is 14.7. The molecule has 0 unspecified atom stereocenters. The van der Waals surface area contributed by atoms with E-state index in [-0.39, 0.29) is 0 Å². The van der Waals surface area contributed by atoms with Crippen molar-refractivity contribution in [3.63, 3.8) is 0 Å². The summed E-state index contributed by atoms with van der Waals surface area (Å²) in [5.74, 6) is 0.695. The lowest BCUT2D eigenvalue weighted by Crippen LogP contribution is -1.97. The molecule has 0 bridgehead atoms. The van der Waals surface area contributed by atoms with Crippen molar-refractivity contribution >= 4 is 43.6 Å². The van der Waals surface area contributed by atoms with E-state index in [2.05, 4.69) is 228 Å². The summed E-state index contributed by atoms with van der Waals surface area (Å²) in [4.78, 5) is 10.2. The molecule has 12 rings (SSSR count). The lowest BCUT2D eigenvalue weighted by Gasteiger charge is -2.12. The summed E-state index contributed by atoms with van der Waals surface area (Å²) in [6, 6.07) is 82.2. The highest BCUT2D eigenvalue weighted by Gasteiger charge is 2.18. The molecular weight excluding hydrogens is 753 g/mol.